The van der Waals surface area contributed by atoms with Gasteiger partial charge in [-0.05, 0) is 48.8 Å². The van der Waals surface area contributed by atoms with Crippen molar-refractivity contribution in [1.29, 1.82) is 0 Å². The highest BCUT2D eigenvalue weighted by atomic mass is 32.2. The van der Waals surface area contributed by atoms with Crippen molar-refractivity contribution in [3.63, 3.8) is 0 Å². The number of hydrogen-bond acceptors (Lipinski definition) is 5. The average Bonchev–Trinajstić information content (AvgIpc) is 3.24. The molecule has 2 aromatic heterocycles. The first-order chi connectivity index (χ1) is 13.7. The summed E-state index contributed by atoms with van der Waals surface area (Å²) in [6.07, 6.45) is 4.03. The maximum atomic E-state index is 12.6. The van der Waals surface area contributed by atoms with Gasteiger partial charge in [-0.3, -0.25) is 4.79 Å². The molecule has 5 nitrogen and oxygen atoms in total. The third-order valence-corrected chi connectivity index (χ3v) is 6.72. The quantitative estimate of drug-likeness (QED) is 0.537. The summed E-state index contributed by atoms with van der Waals surface area (Å²) in [6.45, 7) is 4.13. The Bertz CT molecular complexity index is 961. The van der Waals surface area contributed by atoms with Crippen LogP contribution < -0.4 is 5.32 Å². The first-order valence-electron chi connectivity index (χ1n) is 9.63. The van der Waals surface area contributed by atoms with Gasteiger partial charge in [-0.2, -0.15) is 0 Å². The molecule has 28 heavy (non-hydrogen) atoms. The molecule has 0 radical (unpaired) electrons. The molecule has 1 N–H and O–H groups in total. The Labute approximate surface area is 173 Å². The number of thiophene rings is 1. The van der Waals surface area contributed by atoms with Crippen LogP contribution in [0.3, 0.4) is 0 Å². The van der Waals surface area contributed by atoms with Crippen molar-refractivity contribution in [3.05, 3.63) is 57.5 Å². The lowest BCUT2D eigenvalue weighted by molar-refractivity contribution is -0.113. The smallest absolute Gasteiger partial charge is 0.234 e. The Balaban J connectivity index is 1.44. The van der Waals surface area contributed by atoms with E-state index in [-0.39, 0.29) is 5.91 Å². The van der Waals surface area contributed by atoms with Crippen LogP contribution in [0.4, 0.5) is 5.69 Å². The lowest BCUT2D eigenvalue weighted by Gasteiger charge is -2.13. The summed E-state index contributed by atoms with van der Waals surface area (Å²) < 4.78 is 2.24. The van der Waals surface area contributed by atoms with Gasteiger partial charge >= 0.3 is 0 Å². The van der Waals surface area contributed by atoms with Gasteiger partial charge in [0.1, 0.15) is 5.82 Å². The predicted octanol–water partition coefficient (Wildman–Crippen LogP) is 4.87. The van der Waals surface area contributed by atoms with E-state index in [0.29, 0.717) is 11.8 Å². The van der Waals surface area contributed by atoms with Crippen molar-refractivity contribution >= 4 is 34.7 Å². The molecular formula is C21H24N4OS2. The van der Waals surface area contributed by atoms with E-state index in [2.05, 4.69) is 50.6 Å². The molecule has 1 amide bonds. The van der Waals surface area contributed by atoms with Gasteiger partial charge < -0.3 is 9.88 Å². The van der Waals surface area contributed by atoms with Crippen molar-refractivity contribution in [1.82, 2.24) is 14.8 Å². The monoisotopic (exact) mass is 412 g/mol. The van der Waals surface area contributed by atoms with Crippen LogP contribution in [-0.4, -0.2) is 26.4 Å². The topological polar surface area (TPSA) is 59.8 Å². The first-order valence-corrected chi connectivity index (χ1v) is 11.5. The third kappa shape index (κ3) is 4.31. The molecule has 2 heterocycles. The van der Waals surface area contributed by atoms with Crippen LogP contribution in [0.15, 0.2) is 40.9 Å². The molecule has 0 unspecified atom stereocenters. The Hall–Kier alpha value is -2.12. The maximum absolute atomic E-state index is 12.6. The number of hydrogen-bond donors (Lipinski definition) is 1. The van der Waals surface area contributed by atoms with Gasteiger partial charge in [-0.15, -0.1) is 21.5 Å². The van der Waals surface area contributed by atoms with Gasteiger partial charge in [0.05, 0.1) is 5.75 Å². The van der Waals surface area contributed by atoms with Crippen LogP contribution in [-0.2, 0) is 17.6 Å². The van der Waals surface area contributed by atoms with E-state index in [1.165, 1.54) is 16.6 Å². The fourth-order valence-corrected chi connectivity index (χ4v) is 4.83. The number of amides is 1. The zero-order valence-corrected chi connectivity index (χ0v) is 17.8. The lowest BCUT2D eigenvalue weighted by Crippen LogP contribution is -2.16. The number of nitrogens with zero attached hydrogens (tertiary/aromatic N) is 3. The zero-order valence-electron chi connectivity index (χ0n) is 16.1. The van der Waals surface area contributed by atoms with E-state index >= 15 is 0 Å². The molecule has 1 saturated carbocycles. The number of para-hydroxylation sites is 1. The summed E-state index contributed by atoms with van der Waals surface area (Å²) in [5.41, 5.74) is 3.20. The lowest BCUT2D eigenvalue weighted by atomic mass is 10.1. The Morgan fingerprint density at radius 2 is 2.14 bits per heavy atom. The molecule has 146 valence electrons. The molecule has 1 aromatic carbocycles. The molecule has 0 saturated heterocycles. The molecule has 1 aliphatic rings. The molecule has 0 atom stereocenters. The van der Waals surface area contributed by atoms with Gasteiger partial charge in [-0.1, -0.05) is 43.0 Å². The maximum Gasteiger partial charge on any atom is 0.234 e. The Morgan fingerprint density at radius 1 is 1.29 bits per heavy atom. The SMILES string of the molecule is CCc1cccc(C)c1NC(=O)CSc1nnc(Cc2cccs2)n1C1CC1. The molecule has 1 fully saturated rings. The number of carbonyl (C=O) groups excluding carboxylic acids is 1. The second-order valence-electron chi connectivity index (χ2n) is 7.06. The molecule has 3 aromatic rings. The molecule has 0 spiro atoms. The number of aryl methyl sites for hydroxylation is 2. The summed E-state index contributed by atoms with van der Waals surface area (Å²) in [5, 5.41) is 14.8. The predicted molar refractivity (Wildman–Crippen MR) is 115 cm³/mol. The Morgan fingerprint density at radius 3 is 2.86 bits per heavy atom. The van der Waals surface area contributed by atoms with Gasteiger partial charge in [0.25, 0.3) is 0 Å². The van der Waals surface area contributed by atoms with E-state index < -0.39 is 0 Å². The summed E-state index contributed by atoms with van der Waals surface area (Å²) in [7, 11) is 0. The van der Waals surface area contributed by atoms with Gasteiger partial charge in [-0.25, -0.2) is 0 Å². The van der Waals surface area contributed by atoms with Crippen LogP contribution in [0.5, 0.6) is 0 Å². The van der Waals surface area contributed by atoms with Crippen molar-refractivity contribution in [2.24, 2.45) is 0 Å². The molecule has 4 rings (SSSR count). The van der Waals surface area contributed by atoms with Crippen LogP contribution in [0.2, 0.25) is 0 Å². The summed E-state index contributed by atoms with van der Waals surface area (Å²) in [6, 6.07) is 10.8. The van der Waals surface area contributed by atoms with Crippen molar-refractivity contribution in [2.75, 3.05) is 11.1 Å². The second-order valence-corrected chi connectivity index (χ2v) is 9.03. The summed E-state index contributed by atoms with van der Waals surface area (Å²) in [5.74, 6) is 1.33. The summed E-state index contributed by atoms with van der Waals surface area (Å²) in [4.78, 5) is 13.9. The fraction of sp³-hybridized carbons (Fsp3) is 0.381. The fourth-order valence-electron chi connectivity index (χ4n) is 3.30. The van der Waals surface area contributed by atoms with Crippen LogP contribution >= 0.6 is 23.1 Å². The molecule has 0 bridgehead atoms. The van der Waals surface area contributed by atoms with Crippen molar-refractivity contribution < 1.29 is 4.79 Å². The molecule has 1 aliphatic carbocycles. The number of thioether (sulfide) groups is 1. The molecule has 0 aliphatic heterocycles. The number of aromatic nitrogens is 3. The molecule has 7 heteroatoms. The van der Waals surface area contributed by atoms with E-state index in [1.807, 2.05) is 19.1 Å². The number of rotatable bonds is 8. The van der Waals surface area contributed by atoms with E-state index in [1.54, 1.807) is 11.3 Å². The van der Waals surface area contributed by atoms with Gasteiger partial charge in [0, 0.05) is 23.0 Å². The minimum absolute atomic E-state index is 0.000784. The number of nitrogens with one attached hydrogen (secondary N) is 1. The standard InChI is InChI=1S/C21H24N4OS2/c1-3-15-7-4-6-14(2)20(15)22-19(26)13-28-21-24-23-18(25(21)16-9-10-16)12-17-8-5-11-27-17/h4-8,11,16H,3,9-10,12-13H2,1-2H3,(H,22,26). The van der Waals surface area contributed by atoms with E-state index in [0.717, 1.165) is 53.5 Å². The summed E-state index contributed by atoms with van der Waals surface area (Å²) >= 11 is 3.22. The largest absolute Gasteiger partial charge is 0.325 e. The van der Waals surface area contributed by atoms with Crippen molar-refractivity contribution in [3.8, 4) is 0 Å². The zero-order chi connectivity index (χ0) is 19.5. The first kappa shape index (κ1) is 19.2. The van der Waals surface area contributed by atoms with Crippen LogP contribution in [0.1, 0.15) is 47.6 Å². The van der Waals surface area contributed by atoms with Gasteiger partial charge in [0.15, 0.2) is 5.16 Å². The highest BCUT2D eigenvalue weighted by Crippen LogP contribution is 2.39. The second kappa shape index (κ2) is 8.49. The minimum atomic E-state index is -0.000784. The van der Waals surface area contributed by atoms with Crippen LogP contribution in [0.25, 0.3) is 0 Å². The van der Waals surface area contributed by atoms with Crippen LogP contribution in [0, 0.1) is 6.92 Å². The Kier molecular flexibility index (Phi) is 5.82. The average molecular weight is 413 g/mol. The van der Waals surface area contributed by atoms with Crippen molar-refractivity contribution in [2.45, 2.75) is 50.7 Å². The third-order valence-electron chi connectivity index (χ3n) is 4.90. The minimum Gasteiger partial charge on any atom is -0.325 e. The molecular weight excluding hydrogens is 388 g/mol. The number of carbonyl (C=O) groups is 1. The van der Waals surface area contributed by atoms with E-state index in [4.69, 9.17) is 0 Å². The normalized spacial score (nSPS) is 13.6. The number of anilines is 1. The van der Waals surface area contributed by atoms with E-state index in [9.17, 15) is 4.79 Å². The number of benzene rings is 1. The highest BCUT2D eigenvalue weighted by molar-refractivity contribution is 7.99. The highest BCUT2D eigenvalue weighted by Gasteiger charge is 2.30. The van der Waals surface area contributed by atoms with Gasteiger partial charge in [0.2, 0.25) is 5.91 Å².